The summed E-state index contributed by atoms with van der Waals surface area (Å²) in [4.78, 5) is 22.1. The van der Waals surface area contributed by atoms with Crippen LogP contribution in [0.1, 0.15) is 55.6 Å². The van der Waals surface area contributed by atoms with Crippen LogP contribution in [0.25, 0.3) is 0 Å². The summed E-state index contributed by atoms with van der Waals surface area (Å²) in [5, 5.41) is 10.8. The minimum absolute atomic E-state index is 0.0460. The van der Waals surface area contributed by atoms with Crippen LogP contribution in [-0.4, -0.2) is 39.0 Å². The van der Waals surface area contributed by atoms with E-state index in [2.05, 4.69) is 32.4 Å². The number of rotatable bonds is 8. The number of alkyl halides is 2. The van der Waals surface area contributed by atoms with Crippen molar-refractivity contribution in [3.63, 3.8) is 0 Å². The molecule has 1 aliphatic rings. The molecule has 1 amide bonds. The second kappa shape index (κ2) is 10.6. The van der Waals surface area contributed by atoms with Crippen LogP contribution in [0, 0.1) is 17.8 Å². The summed E-state index contributed by atoms with van der Waals surface area (Å²) in [5.74, 6) is 6.17. The lowest BCUT2D eigenvalue weighted by molar-refractivity contribution is -0.120. The largest absolute Gasteiger partial charge is 0.393 e. The third-order valence-electron chi connectivity index (χ3n) is 4.43. The summed E-state index contributed by atoms with van der Waals surface area (Å²) in [7, 11) is 1.52. The van der Waals surface area contributed by atoms with E-state index in [1.54, 1.807) is 26.1 Å². The van der Waals surface area contributed by atoms with Crippen molar-refractivity contribution in [2.45, 2.75) is 45.6 Å². The second-order valence-electron chi connectivity index (χ2n) is 7.76. The van der Waals surface area contributed by atoms with Crippen LogP contribution in [0.3, 0.4) is 0 Å². The molecule has 2 aromatic rings. The number of pyridine rings is 1. The molecule has 3 rings (SSSR count). The zero-order valence-electron chi connectivity index (χ0n) is 18.0. The maximum absolute atomic E-state index is 13.1. The van der Waals surface area contributed by atoms with E-state index in [-0.39, 0.29) is 24.6 Å². The number of carbonyl (C=O) groups is 1. The van der Waals surface area contributed by atoms with Gasteiger partial charge in [0.25, 0.3) is 6.43 Å². The predicted octanol–water partition coefficient (Wildman–Crippen LogP) is 3.66. The first-order valence-electron chi connectivity index (χ1n) is 10.2. The van der Waals surface area contributed by atoms with Gasteiger partial charge in [0.2, 0.25) is 5.91 Å². The molecule has 170 valence electrons. The number of amides is 1. The molecule has 0 saturated heterocycles. The number of nitrogens with one attached hydrogen (secondary N) is 1. The van der Waals surface area contributed by atoms with Crippen LogP contribution in [0.4, 0.5) is 8.78 Å². The molecule has 2 heterocycles. The van der Waals surface area contributed by atoms with Crippen LogP contribution in [0.5, 0.6) is 0 Å². The number of hydrogen-bond donors (Lipinski definition) is 1. The first-order valence-corrected chi connectivity index (χ1v) is 10.6. The number of carbonyl (C=O) groups excluding carboxylic acids is 1. The highest BCUT2D eigenvalue weighted by molar-refractivity contribution is 6.34. The molecular formula is C22H24ClF2N5O2. The maximum Gasteiger partial charge on any atom is 0.282 e. The van der Waals surface area contributed by atoms with Crippen molar-refractivity contribution in [1.82, 2.24) is 20.1 Å². The van der Waals surface area contributed by atoms with Crippen molar-refractivity contribution in [3.8, 4) is 11.8 Å². The summed E-state index contributed by atoms with van der Waals surface area (Å²) >= 11 is 6.40. The van der Waals surface area contributed by atoms with Crippen LogP contribution < -0.4 is 5.32 Å². The van der Waals surface area contributed by atoms with Crippen LogP contribution >= 0.6 is 11.6 Å². The fraction of sp³-hybridized carbons (Fsp3) is 0.455. The van der Waals surface area contributed by atoms with E-state index < -0.39 is 18.0 Å². The average Bonchev–Trinajstić information content (AvgIpc) is 3.48. The summed E-state index contributed by atoms with van der Waals surface area (Å²) < 4.78 is 27.5. The third kappa shape index (κ3) is 6.76. The van der Waals surface area contributed by atoms with Gasteiger partial charge in [-0.1, -0.05) is 28.6 Å². The molecule has 1 N–H and O–H groups in total. The highest BCUT2D eigenvalue weighted by atomic mass is 35.5. The first kappa shape index (κ1) is 23.7. The lowest BCUT2D eigenvalue weighted by Crippen LogP contribution is -2.32. The molecular weight excluding hydrogens is 440 g/mol. The summed E-state index contributed by atoms with van der Waals surface area (Å²) in [6, 6.07) is 1.69. The molecule has 0 aliphatic heterocycles. The van der Waals surface area contributed by atoms with E-state index in [9.17, 15) is 13.6 Å². The van der Waals surface area contributed by atoms with Gasteiger partial charge in [-0.2, -0.15) is 5.10 Å². The van der Waals surface area contributed by atoms with E-state index in [1.165, 1.54) is 17.9 Å². The molecule has 1 aliphatic carbocycles. The zero-order valence-corrected chi connectivity index (χ0v) is 18.8. The molecule has 0 atom stereocenters. The standard InChI is InChI=1S/C22H24ClF2N5O2/c1-13(2)32-29-18(21-17(23)8-15(10-27-21)7-6-14-4-5-14)11-26-19(31)9-16-12-30(3)28-20(16)22(24)25/h8,10,12-14,22H,4-5,9,11H2,1-3H3,(H,26,31)/b29-18-. The number of aromatic nitrogens is 3. The molecule has 1 saturated carbocycles. The zero-order chi connectivity index (χ0) is 23.3. The van der Waals surface area contributed by atoms with Crippen LogP contribution in [-0.2, 0) is 23.1 Å². The number of hydrogen-bond acceptors (Lipinski definition) is 5. The molecule has 32 heavy (non-hydrogen) atoms. The topological polar surface area (TPSA) is 81.4 Å². The summed E-state index contributed by atoms with van der Waals surface area (Å²) in [6.45, 7) is 3.56. The number of nitrogens with zero attached hydrogens (tertiary/aromatic N) is 4. The highest BCUT2D eigenvalue weighted by Gasteiger charge is 2.21. The van der Waals surface area contributed by atoms with Crippen molar-refractivity contribution in [2.24, 2.45) is 18.1 Å². The van der Waals surface area contributed by atoms with Crippen molar-refractivity contribution in [3.05, 3.63) is 46.0 Å². The van der Waals surface area contributed by atoms with Gasteiger partial charge in [-0.05, 0) is 32.8 Å². The van der Waals surface area contributed by atoms with Crippen molar-refractivity contribution >= 4 is 23.2 Å². The van der Waals surface area contributed by atoms with Gasteiger partial charge in [-0.15, -0.1) is 0 Å². The fourth-order valence-corrected chi connectivity index (χ4v) is 3.03. The quantitative estimate of drug-likeness (QED) is 0.368. The smallest absolute Gasteiger partial charge is 0.282 e. The van der Waals surface area contributed by atoms with Crippen molar-refractivity contribution in [1.29, 1.82) is 0 Å². The Morgan fingerprint density at radius 2 is 2.19 bits per heavy atom. The molecule has 7 nitrogen and oxygen atoms in total. The van der Waals surface area contributed by atoms with Crippen LogP contribution in [0.15, 0.2) is 23.6 Å². The Bertz CT molecular complexity index is 1070. The fourth-order valence-electron chi connectivity index (χ4n) is 2.75. The van der Waals surface area contributed by atoms with Crippen molar-refractivity contribution in [2.75, 3.05) is 6.54 Å². The highest BCUT2D eigenvalue weighted by Crippen LogP contribution is 2.27. The molecule has 2 aromatic heterocycles. The van der Waals surface area contributed by atoms with E-state index in [0.29, 0.717) is 27.9 Å². The Labute approximate surface area is 190 Å². The summed E-state index contributed by atoms with van der Waals surface area (Å²) in [5.41, 5.74) is 1.09. The summed E-state index contributed by atoms with van der Waals surface area (Å²) in [6.07, 6.45) is 2.02. The van der Waals surface area contributed by atoms with Gasteiger partial charge in [0.1, 0.15) is 23.2 Å². The number of oxime groups is 1. The Balaban J connectivity index is 1.72. The van der Waals surface area contributed by atoms with E-state index >= 15 is 0 Å². The van der Waals surface area contributed by atoms with Gasteiger partial charge in [0.15, 0.2) is 0 Å². The normalized spacial score (nSPS) is 13.8. The number of aryl methyl sites for hydroxylation is 1. The molecule has 0 spiro atoms. The molecule has 0 radical (unpaired) electrons. The van der Waals surface area contributed by atoms with Crippen molar-refractivity contribution < 1.29 is 18.4 Å². The second-order valence-corrected chi connectivity index (χ2v) is 8.16. The minimum Gasteiger partial charge on any atom is -0.393 e. The lowest BCUT2D eigenvalue weighted by atomic mass is 10.1. The van der Waals surface area contributed by atoms with Gasteiger partial charge in [-0.25, -0.2) is 8.78 Å². The Hall–Kier alpha value is -2.99. The predicted molar refractivity (Wildman–Crippen MR) is 116 cm³/mol. The molecule has 0 bridgehead atoms. The maximum atomic E-state index is 13.1. The Morgan fingerprint density at radius 1 is 1.44 bits per heavy atom. The van der Waals surface area contributed by atoms with Gasteiger partial charge in [0, 0.05) is 36.5 Å². The van der Waals surface area contributed by atoms with E-state index in [4.69, 9.17) is 16.4 Å². The third-order valence-corrected chi connectivity index (χ3v) is 4.72. The number of halogens is 3. The van der Waals surface area contributed by atoms with E-state index in [1.807, 2.05) is 0 Å². The molecule has 0 aromatic carbocycles. The molecule has 1 fully saturated rings. The van der Waals surface area contributed by atoms with Gasteiger partial charge in [-0.3, -0.25) is 14.5 Å². The Morgan fingerprint density at radius 3 is 2.81 bits per heavy atom. The van der Waals surface area contributed by atoms with Gasteiger partial charge in [0.05, 0.1) is 18.0 Å². The van der Waals surface area contributed by atoms with Crippen LogP contribution in [0.2, 0.25) is 5.02 Å². The monoisotopic (exact) mass is 463 g/mol. The lowest BCUT2D eigenvalue weighted by Gasteiger charge is -2.11. The SMILES string of the molecule is CC(C)O/N=C(/CNC(=O)Cc1cn(C)nc1C(F)F)c1ncc(C#CC2CC2)cc1Cl. The Kier molecular flexibility index (Phi) is 7.80. The van der Waals surface area contributed by atoms with E-state index in [0.717, 1.165) is 12.8 Å². The molecule has 0 unspecified atom stereocenters. The molecule has 10 heteroatoms. The average molecular weight is 464 g/mol. The van der Waals surface area contributed by atoms with Gasteiger partial charge >= 0.3 is 0 Å². The first-order chi connectivity index (χ1) is 15.2. The van der Waals surface area contributed by atoms with Gasteiger partial charge < -0.3 is 10.2 Å². The minimum atomic E-state index is -2.76.